The fourth-order valence-electron chi connectivity index (χ4n) is 2.31. The first kappa shape index (κ1) is 12.6. The highest BCUT2D eigenvalue weighted by Crippen LogP contribution is 2.39. The summed E-state index contributed by atoms with van der Waals surface area (Å²) in [4.78, 5) is 0. The Labute approximate surface area is 120 Å². The second-order valence-electron chi connectivity index (χ2n) is 4.58. The van der Waals surface area contributed by atoms with Crippen molar-refractivity contribution in [1.29, 1.82) is 0 Å². The fourth-order valence-corrected chi connectivity index (χ4v) is 4.15. The fraction of sp³-hybridized carbons (Fsp3) is 0.538. The molecule has 1 fully saturated rings. The number of thioether (sulfide) groups is 1. The van der Waals surface area contributed by atoms with Crippen molar-refractivity contribution in [3.63, 3.8) is 0 Å². The number of rotatable bonds is 4. The predicted molar refractivity (Wildman–Crippen MR) is 77.5 cm³/mol. The summed E-state index contributed by atoms with van der Waals surface area (Å²) in [6, 6.07) is 4.16. The average Bonchev–Trinajstić information content (AvgIpc) is 2.99. The van der Waals surface area contributed by atoms with Gasteiger partial charge in [0.15, 0.2) is 11.5 Å². The van der Waals surface area contributed by atoms with Gasteiger partial charge in [-0.2, -0.15) is 11.8 Å². The summed E-state index contributed by atoms with van der Waals surface area (Å²) in [6.45, 7) is 2.30. The van der Waals surface area contributed by atoms with E-state index in [1.54, 1.807) is 0 Å². The molecule has 1 atom stereocenters. The number of hydrogen-bond acceptors (Lipinski definition) is 4. The number of benzene rings is 1. The van der Waals surface area contributed by atoms with Crippen molar-refractivity contribution in [2.45, 2.75) is 24.6 Å². The molecule has 1 aromatic carbocycles. The van der Waals surface area contributed by atoms with E-state index in [1.807, 2.05) is 0 Å². The molecule has 3 rings (SSSR count). The molecule has 0 amide bonds. The molecular formula is C13H16BrNO2S. The molecule has 5 heteroatoms. The van der Waals surface area contributed by atoms with Gasteiger partial charge in [-0.15, -0.1) is 0 Å². The minimum atomic E-state index is 0.323. The number of hydrogen-bond donors (Lipinski definition) is 1. The summed E-state index contributed by atoms with van der Waals surface area (Å²) in [5.41, 5.74) is 1.23. The zero-order chi connectivity index (χ0) is 12.4. The van der Waals surface area contributed by atoms with E-state index in [0.717, 1.165) is 34.3 Å². The van der Waals surface area contributed by atoms with Crippen LogP contribution >= 0.6 is 27.7 Å². The van der Waals surface area contributed by atoms with Gasteiger partial charge in [0.05, 0.1) is 4.47 Å². The monoisotopic (exact) mass is 329 g/mol. The molecule has 2 aliphatic rings. The van der Waals surface area contributed by atoms with Crippen molar-refractivity contribution >= 4 is 27.7 Å². The third-order valence-electron chi connectivity index (χ3n) is 3.21. The summed E-state index contributed by atoms with van der Waals surface area (Å²) in [5, 5.41) is 4.32. The Bertz CT molecular complexity index is 435. The highest BCUT2D eigenvalue weighted by molar-refractivity contribution is 9.10. The van der Waals surface area contributed by atoms with Crippen LogP contribution in [0.15, 0.2) is 16.6 Å². The molecule has 1 N–H and O–H groups in total. The van der Waals surface area contributed by atoms with Crippen molar-refractivity contribution < 1.29 is 9.47 Å². The lowest BCUT2D eigenvalue weighted by molar-refractivity contribution is 0.173. The highest BCUT2D eigenvalue weighted by atomic mass is 79.9. The van der Waals surface area contributed by atoms with Gasteiger partial charge in [-0.1, -0.05) is 0 Å². The Morgan fingerprint density at radius 2 is 2.33 bits per heavy atom. The maximum Gasteiger partial charge on any atom is 0.231 e. The molecule has 1 unspecified atom stereocenters. The van der Waals surface area contributed by atoms with Gasteiger partial charge in [-0.3, -0.25) is 0 Å². The van der Waals surface area contributed by atoms with E-state index in [9.17, 15) is 0 Å². The van der Waals surface area contributed by atoms with Crippen LogP contribution in [0.25, 0.3) is 0 Å². The van der Waals surface area contributed by atoms with Crippen molar-refractivity contribution in [3.8, 4) is 11.5 Å². The lowest BCUT2D eigenvalue weighted by Crippen LogP contribution is -2.22. The second kappa shape index (κ2) is 5.72. The molecule has 1 saturated heterocycles. The van der Waals surface area contributed by atoms with Gasteiger partial charge in [-0.05, 0) is 52.2 Å². The van der Waals surface area contributed by atoms with Crippen molar-refractivity contribution in [2.75, 3.05) is 19.1 Å². The van der Waals surface area contributed by atoms with Crippen LogP contribution in [-0.4, -0.2) is 24.3 Å². The standard InChI is InChI=1S/C13H16BrNO2S/c14-11-4-9(5-12-13(11)17-8-16-12)6-15-7-10-2-1-3-18-10/h4-5,10,15H,1-3,6-8H2. The summed E-state index contributed by atoms with van der Waals surface area (Å²) >= 11 is 5.60. The molecule has 1 aromatic rings. The number of halogens is 1. The largest absolute Gasteiger partial charge is 0.454 e. The summed E-state index contributed by atoms with van der Waals surface area (Å²) in [6.07, 6.45) is 2.72. The summed E-state index contributed by atoms with van der Waals surface area (Å²) in [5.74, 6) is 2.99. The van der Waals surface area contributed by atoms with E-state index in [4.69, 9.17) is 9.47 Å². The first-order chi connectivity index (χ1) is 8.83. The normalized spacial score (nSPS) is 21.5. The molecule has 0 spiro atoms. The molecule has 2 heterocycles. The third kappa shape index (κ3) is 2.78. The van der Waals surface area contributed by atoms with E-state index in [2.05, 4.69) is 45.1 Å². The van der Waals surface area contributed by atoms with Gasteiger partial charge < -0.3 is 14.8 Å². The topological polar surface area (TPSA) is 30.5 Å². The Morgan fingerprint density at radius 3 is 3.17 bits per heavy atom. The van der Waals surface area contributed by atoms with E-state index in [-0.39, 0.29) is 0 Å². The molecule has 0 saturated carbocycles. The van der Waals surface area contributed by atoms with E-state index >= 15 is 0 Å². The first-order valence-corrected chi connectivity index (χ1v) is 8.07. The first-order valence-electron chi connectivity index (χ1n) is 6.23. The molecule has 98 valence electrons. The van der Waals surface area contributed by atoms with Gasteiger partial charge in [0, 0.05) is 18.3 Å². The Hall–Kier alpha value is -0.390. The van der Waals surface area contributed by atoms with Gasteiger partial charge in [0.25, 0.3) is 0 Å². The van der Waals surface area contributed by atoms with Crippen LogP contribution in [0.3, 0.4) is 0 Å². The van der Waals surface area contributed by atoms with Crippen molar-refractivity contribution in [1.82, 2.24) is 5.32 Å². The Balaban J connectivity index is 1.57. The maximum atomic E-state index is 5.42. The Kier molecular flexibility index (Phi) is 4.01. The van der Waals surface area contributed by atoms with Gasteiger partial charge >= 0.3 is 0 Å². The Morgan fingerprint density at radius 1 is 1.39 bits per heavy atom. The zero-order valence-electron chi connectivity index (χ0n) is 10.1. The number of fused-ring (bicyclic) bond motifs is 1. The SMILES string of the molecule is Brc1cc(CNCC2CCCS2)cc2c1OCO2. The maximum absolute atomic E-state index is 5.42. The summed E-state index contributed by atoms with van der Waals surface area (Å²) in [7, 11) is 0. The van der Waals surface area contributed by atoms with Crippen LogP contribution in [0.1, 0.15) is 18.4 Å². The van der Waals surface area contributed by atoms with Crippen molar-refractivity contribution in [2.24, 2.45) is 0 Å². The van der Waals surface area contributed by atoms with Crippen LogP contribution in [0.2, 0.25) is 0 Å². The van der Waals surface area contributed by atoms with Crippen LogP contribution in [0.5, 0.6) is 11.5 Å². The number of ether oxygens (including phenoxy) is 2. The van der Waals surface area contributed by atoms with Gasteiger partial charge in [0.1, 0.15) is 0 Å². The summed E-state index contributed by atoms with van der Waals surface area (Å²) < 4.78 is 11.8. The molecule has 3 nitrogen and oxygen atoms in total. The zero-order valence-corrected chi connectivity index (χ0v) is 12.5. The van der Waals surface area contributed by atoms with Crippen LogP contribution in [0.4, 0.5) is 0 Å². The molecule has 0 bridgehead atoms. The highest BCUT2D eigenvalue weighted by Gasteiger charge is 2.18. The minimum absolute atomic E-state index is 0.323. The van der Waals surface area contributed by atoms with Crippen LogP contribution < -0.4 is 14.8 Å². The van der Waals surface area contributed by atoms with Crippen molar-refractivity contribution in [3.05, 3.63) is 22.2 Å². The smallest absolute Gasteiger partial charge is 0.231 e. The molecule has 0 aromatic heterocycles. The third-order valence-corrected chi connectivity index (χ3v) is 5.20. The lowest BCUT2D eigenvalue weighted by atomic mass is 10.2. The molecular weight excluding hydrogens is 314 g/mol. The van der Waals surface area contributed by atoms with E-state index in [0.29, 0.717) is 6.79 Å². The molecule has 0 radical (unpaired) electrons. The van der Waals surface area contributed by atoms with Crippen LogP contribution in [0, 0.1) is 0 Å². The lowest BCUT2D eigenvalue weighted by Gasteiger charge is -2.11. The molecule has 2 aliphatic heterocycles. The van der Waals surface area contributed by atoms with Gasteiger partial charge in [-0.25, -0.2) is 0 Å². The molecule has 18 heavy (non-hydrogen) atoms. The average molecular weight is 330 g/mol. The second-order valence-corrected chi connectivity index (χ2v) is 6.84. The minimum Gasteiger partial charge on any atom is -0.454 e. The van der Waals surface area contributed by atoms with Crippen LogP contribution in [-0.2, 0) is 6.54 Å². The predicted octanol–water partition coefficient (Wildman–Crippen LogP) is 3.16. The van der Waals surface area contributed by atoms with E-state index in [1.165, 1.54) is 24.2 Å². The van der Waals surface area contributed by atoms with Gasteiger partial charge in [0.2, 0.25) is 6.79 Å². The number of nitrogens with one attached hydrogen (secondary N) is 1. The quantitative estimate of drug-likeness (QED) is 0.919. The van der Waals surface area contributed by atoms with E-state index < -0.39 is 0 Å². The molecule has 0 aliphatic carbocycles.